The Kier molecular flexibility index (Phi) is 2.09. The van der Waals surface area contributed by atoms with Crippen molar-refractivity contribution in [1.82, 2.24) is 0 Å². The summed E-state index contributed by atoms with van der Waals surface area (Å²) in [6, 6.07) is 5.96. The van der Waals surface area contributed by atoms with E-state index in [0.717, 1.165) is 0 Å². The van der Waals surface area contributed by atoms with Crippen LogP contribution in [-0.2, 0) is 0 Å². The molecule has 0 fully saturated rings. The molecule has 0 aromatic heterocycles. The predicted octanol–water partition coefficient (Wildman–Crippen LogP) is 1.32. The van der Waals surface area contributed by atoms with Gasteiger partial charge < -0.3 is 0 Å². The zero-order valence-electron chi connectivity index (χ0n) is 5.66. The van der Waals surface area contributed by atoms with E-state index in [1.165, 1.54) is 24.3 Å². The second-order valence-electron chi connectivity index (χ2n) is 2.01. The van der Waals surface area contributed by atoms with E-state index in [1.54, 1.807) is 0 Å². The zero-order chi connectivity index (χ0) is 8.27. The Balaban J connectivity index is 3.03. The molecule has 0 radical (unpaired) electrons. The summed E-state index contributed by atoms with van der Waals surface area (Å²) < 4.78 is 0. The van der Waals surface area contributed by atoms with Gasteiger partial charge in [-0.25, -0.2) is 0 Å². The molecule has 0 saturated heterocycles. The molecule has 0 aliphatic heterocycles. The Morgan fingerprint density at radius 2 is 1.91 bits per heavy atom. The van der Waals surface area contributed by atoms with E-state index in [0.29, 0.717) is 5.56 Å². The summed E-state index contributed by atoms with van der Waals surface area (Å²) in [4.78, 5) is 10.3. The third-order valence-corrected chi connectivity index (χ3v) is 1.28. The molecule has 11 heavy (non-hydrogen) atoms. The van der Waals surface area contributed by atoms with Crippen molar-refractivity contribution in [2.24, 2.45) is 0 Å². The third-order valence-electron chi connectivity index (χ3n) is 1.28. The van der Waals surface area contributed by atoms with E-state index in [9.17, 15) is 4.79 Å². The summed E-state index contributed by atoms with van der Waals surface area (Å²) in [6.45, 7) is 0. The number of hydrogen-bond acceptors (Lipinski definition) is 1. The summed E-state index contributed by atoms with van der Waals surface area (Å²) in [5.74, 6) is 1.19. The molecule has 0 saturated carbocycles. The van der Waals surface area contributed by atoms with E-state index in [-0.39, 0.29) is 5.56 Å². The zero-order valence-corrected chi connectivity index (χ0v) is 5.66. The Bertz CT molecular complexity index is 303. The maximum absolute atomic E-state index is 10.3. The number of carbonyl (C=O) groups is 1. The minimum absolute atomic E-state index is 0.226. The van der Waals surface area contributed by atoms with Crippen LogP contribution in [0.5, 0.6) is 0 Å². The predicted molar refractivity (Wildman–Crippen MR) is 39.6 cm³/mol. The Morgan fingerprint density at radius 1 is 1.36 bits per heavy atom. The van der Waals surface area contributed by atoms with Crippen molar-refractivity contribution in [3.8, 4) is 5.92 Å². The monoisotopic (exact) mass is 145 g/mol. The molecule has 52 valence electrons. The van der Waals surface area contributed by atoms with Crippen LogP contribution in [0.1, 0.15) is 15.9 Å². The van der Waals surface area contributed by atoms with Crippen molar-refractivity contribution in [2.75, 3.05) is 0 Å². The van der Waals surface area contributed by atoms with Gasteiger partial charge in [-0.2, -0.15) is 0 Å². The summed E-state index contributed by atoms with van der Waals surface area (Å²) in [5, 5.41) is 8.48. The van der Waals surface area contributed by atoms with Crippen LogP contribution in [0.2, 0.25) is 0 Å². The molecule has 0 spiro atoms. The SMILES string of the molecule is [C+]#Cc1ccc(C(=O)O)cc1. The fourth-order valence-electron chi connectivity index (χ4n) is 0.696. The first kappa shape index (κ1) is 7.58. The molecule has 1 rings (SSSR count). The first-order valence-corrected chi connectivity index (χ1v) is 3.00. The Morgan fingerprint density at radius 3 is 2.27 bits per heavy atom. The van der Waals surface area contributed by atoms with Gasteiger partial charge in [0.15, 0.2) is 0 Å². The van der Waals surface area contributed by atoms with Gasteiger partial charge in [-0.15, -0.1) is 0 Å². The first-order chi connectivity index (χ1) is 5.24. The molecule has 0 aliphatic carbocycles. The number of benzene rings is 1. The molecule has 1 aromatic rings. The molecular formula is C9H5O2+. The number of aromatic carboxylic acids is 1. The number of hydrogen-bond donors (Lipinski definition) is 1. The Labute approximate surface area is 64.5 Å². The second-order valence-corrected chi connectivity index (χ2v) is 2.01. The standard InChI is InChI=1S/C9H4O2/c1-2-7-3-5-8(6-4-7)9(10)11/h3-6H/p+1. The van der Waals surface area contributed by atoms with E-state index in [1.807, 2.05) is 0 Å². The van der Waals surface area contributed by atoms with Gasteiger partial charge in [-0.1, -0.05) is 0 Å². The van der Waals surface area contributed by atoms with Crippen LogP contribution in [0.25, 0.3) is 0 Å². The van der Waals surface area contributed by atoms with Crippen LogP contribution in [0.4, 0.5) is 0 Å². The molecule has 1 N–H and O–H groups in total. The summed E-state index contributed by atoms with van der Waals surface area (Å²) in [7, 11) is 0. The van der Waals surface area contributed by atoms with Gasteiger partial charge in [-0.3, -0.25) is 0 Å². The molecule has 0 heterocycles. The van der Waals surface area contributed by atoms with Crippen LogP contribution in [0.3, 0.4) is 0 Å². The van der Waals surface area contributed by atoms with Crippen molar-refractivity contribution in [3.63, 3.8) is 0 Å². The van der Waals surface area contributed by atoms with E-state index >= 15 is 0 Å². The fraction of sp³-hybridized carbons (Fsp3) is 0. The number of rotatable bonds is 1. The maximum atomic E-state index is 10.3. The van der Waals surface area contributed by atoms with E-state index in [4.69, 9.17) is 11.5 Å². The van der Waals surface area contributed by atoms with Crippen LogP contribution in [-0.4, -0.2) is 11.1 Å². The van der Waals surface area contributed by atoms with Crippen molar-refractivity contribution < 1.29 is 9.90 Å². The van der Waals surface area contributed by atoms with E-state index in [2.05, 4.69) is 5.92 Å². The molecule has 0 unspecified atom stereocenters. The molecule has 2 heteroatoms. The van der Waals surface area contributed by atoms with Crippen LogP contribution >= 0.6 is 0 Å². The molecule has 0 amide bonds. The Hall–Kier alpha value is -1.53. The third kappa shape index (κ3) is 1.69. The average molecular weight is 145 g/mol. The molecular weight excluding hydrogens is 140 g/mol. The van der Waals surface area contributed by atoms with Gasteiger partial charge in [0, 0.05) is 0 Å². The van der Waals surface area contributed by atoms with Crippen LogP contribution < -0.4 is 0 Å². The molecule has 0 aliphatic rings. The fourth-order valence-corrected chi connectivity index (χ4v) is 0.696. The van der Waals surface area contributed by atoms with Gasteiger partial charge in [0.1, 0.15) is 0 Å². The number of carboxylic acids is 1. The minimum atomic E-state index is -0.957. The molecule has 2 nitrogen and oxygen atoms in total. The van der Waals surface area contributed by atoms with Crippen molar-refractivity contribution >= 4 is 5.97 Å². The van der Waals surface area contributed by atoms with Gasteiger partial charge in [-0.05, 0) is 0 Å². The quantitative estimate of drug-likeness (QED) is 0.478. The average Bonchev–Trinajstić information content (AvgIpc) is 2.05. The van der Waals surface area contributed by atoms with Crippen molar-refractivity contribution in [2.45, 2.75) is 0 Å². The summed E-state index contributed by atoms with van der Waals surface area (Å²) >= 11 is 0. The number of carboxylic acid groups (broad SMARTS) is 1. The topological polar surface area (TPSA) is 37.3 Å². The summed E-state index contributed by atoms with van der Waals surface area (Å²) in [5.41, 5.74) is 0.805. The van der Waals surface area contributed by atoms with Gasteiger partial charge >= 0.3 is 63.6 Å². The molecule has 0 bridgehead atoms. The summed E-state index contributed by atoms with van der Waals surface area (Å²) in [6.07, 6.45) is 6.72. The molecule has 0 atom stereocenters. The van der Waals surface area contributed by atoms with Gasteiger partial charge in [0.05, 0.1) is 0 Å². The van der Waals surface area contributed by atoms with Crippen molar-refractivity contribution in [1.29, 1.82) is 0 Å². The normalized spacial score (nSPS) is 8.91. The second kappa shape index (κ2) is 3.04. The van der Waals surface area contributed by atoms with Crippen molar-refractivity contribution in [3.05, 3.63) is 41.8 Å². The van der Waals surface area contributed by atoms with Gasteiger partial charge in [0.2, 0.25) is 0 Å². The van der Waals surface area contributed by atoms with Crippen LogP contribution in [0, 0.1) is 12.3 Å². The van der Waals surface area contributed by atoms with Gasteiger partial charge in [0.25, 0.3) is 0 Å². The van der Waals surface area contributed by atoms with Crippen LogP contribution in [0.15, 0.2) is 24.3 Å². The first-order valence-electron chi connectivity index (χ1n) is 3.00. The van der Waals surface area contributed by atoms with E-state index < -0.39 is 5.97 Å². The molecule has 1 aromatic carbocycles.